The first-order chi connectivity index (χ1) is 8.56. The maximum atomic E-state index is 11.7. The molecule has 0 saturated carbocycles. The third-order valence-corrected chi connectivity index (χ3v) is 2.76. The zero-order chi connectivity index (χ0) is 13.5. The lowest BCUT2D eigenvalue weighted by Crippen LogP contribution is -2.41. The van der Waals surface area contributed by atoms with Gasteiger partial charge in [-0.25, -0.2) is 4.79 Å². The molecule has 0 spiro atoms. The van der Waals surface area contributed by atoms with Crippen molar-refractivity contribution in [3.63, 3.8) is 0 Å². The van der Waals surface area contributed by atoms with Crippen molar-refractivity contribution < 1.29 is 14.3 Å². The Bertz CT molecular complexity index is 417. The van der Waals surface area contributed by atoms with E-state index < -0.39 is 12.0 Å². The Morgan fingerprint density at radius 3 is 2.44 bits per heavy atom. The molecule has 1 amide bonds. The van der Waals surface area contributed by atoms with E-state index in [1.807, 2.05) is 6.92 Å². The lowest BCUT2D eigenvalue weighted by molar-refractivity contribution is -0.145. The van der Waals surface area contributed by atoms with E-state index in [1.165, 1.54) is 7.11 Å². The molecule has 0 heterocycles. The second kappa shape index (κ2) is 7.01. The summed E-state index contributed by atoms with van der Waals surface area (Å²) in [6.45, 7) is 1.81. The Kier molecular flexibility index (Phi) is 5.65. The Morgan fingerprint density at radius 1 is 1.33 bits per heavy atom. The van der Waals surface area contributed by atoms with Gasteiger partial charge in [0.25, 0.3) is 0 Å². The Morgan fingerprint density at radius 2 is 1.94 bits per heavy atom. The topological polar surface area (TPSA) is 55.4 Å². The summed E-state index contributed by atoms with van der Waals surface area (Å²) >= 11 is 5.75. The summed E-state index contributed by atoms with van der Waals surface area (Å²) in [5.41, 5.74) is 0.844. The van der Waals surface area contributed by atoms with Crippen LogP contribution in [0.5, 0.6) is 0 Å². The maximum Gasteiger partial charge on any atom is 0.328 e. The van der Waals surface area contributed by atoms with Gasteiger partial charge in [0, 0.05) is 5.02 Å². The van der Waals surface area contributed by atoms with Gasteiger partial charge in [-0.05, 0) is 24.1 Å². The summed E-state index contributed by atoms with van der Waals surface area (Å²) in [7, 11) is 1.30. The summed E-state index contributed by atoms with van der Waals surface area (Å²) in [4.78, 5) is 23.1. The zero-order valence-corrected chi connectivity index (χ0v) is 11.2. The van der Waals surface area contributed by atoms with Crippen LogP contribution in [0.25, 0.3) is 0 Å². The number of methoxy groups -OCH3 is 1. The van der Waals surface area contributed by atoms with Gasteiger partial charge in [-0.3, -0.25) is 4.79 Å². The van der Waals surface area contributed by atoms with E-state index in [2.05, 4.69) is 10.1 Å². The van der Waals surface area contributed by atoms with Gasteiger partial charge in [-0.15, -0.1) is 0 Å². The predicted octanol–water partition coefficient (Wildman–Crippen LogP) is 1.95. The Hall–Kier alpha value is -1.55. The quantitative estimate of drug-likeness (QED) is 0.832. The van der Waals surface area contributed by atoms with Gasteiger partial charge in [0.1, 0.15) is 6.04 Å². The molecule has 0 radical (unpaired) electrons. The number of benzene rings is 1. The molecular weight excluding hydrogens is 254 g/mol. The number of rotatable bonds is 5. The number of ether oxygens (including phenoxy) is 1. The van der Waals surface area contributed by atoms with Crippen molar-refractivity contribution in [3.05, 3.63) is 34.9 Å². The van der Waals surface area contributed by atoms with Crippen LogP contribution in [0.2, 0.25) is 5.02 Å². The first-order valence-corrected chi connectivity index (χ1v) is 6.06. The molecule has 98 valence electrons. The monoisotopic (exact) mass is 269 g/mol. The molecule has 0 aliphatic heterocycles. The smallest absolute Gasteiger partial charge is 0.328 e. The van der Waals surface area contributed by atoms with Crippen molar-refractivity contribution in [1.82, 2.24) is 5.32 Å². The van der Waals surface area contributed by atoms with Crippen LogP contribution in [-0.2, 0) is 20.7 Å². The number of halogens is 1. The molecule has 0 aliphatic carbocycles. The predicted molar refractivity (Wildman–Crippen MR) is 69.4 cm³/mol. The number of carbonyl (C=O) groups excluding carboxylic acids is 2. The molecule has 1 rings (SSSR count). The fraction of sp³-hybridized carbons (Fsp3) is 0.385. The summed E-state index contributed by atoms with van der Waals surface area (Å²) in [5.74, 6) is -0.642. The largest absolute Gasteiger partial charge is 0.467 e. The third kappa shape index (κ3) is 4.37. The van der Waals surface area contributed by atoms with Gasteiger partial charge in [0.2, 0.25) is 5.91 Å². The van der Waals surface area contributed by atoms with Gasteiger partial charge < -0.3 is 10.1 Å². The van der Waals surface area contributed by atoms with Crippen LogP contribution in [0.1, 0.15) is 18.9 Å². The molecule has 1 unspecified atom stereocenters. The van der Waals surface area contributed by atoms with E-state index >= 15 is 0 Å². The average molecular weight is 270 g/mol. The number of hydrogen-bond acceptors (Lipinski definition) is 3. The highest BCUT2D eigenvalue weighted by Gasteiger charge is 2.19. The molecular formula is C13H16ClNO3. The van der Waals surface area contributed by atoms with E-state index in [-0.39, 0.29) is 12.3 Å². The van der Waals surface area contributed by atoms with Crippen molar-refractivity contribution in [2.75, 3.05) is 7.11 Å². The molecule has 5 heteroatoms. The Balaban J connectivity index is 2.55. The fourth-order valence-electron chi connectivity index (χ4n) is 1.50. The summed E-state index contributed by atoms with van der Waals surface area (Å²) < 4.78 is 4.60. The molecule has 0 saturated heterocycles. The van der Waals surface area contributed by atoms with Gasteiger partial charge in [-0.2, -0.15) is 0 Å². The van der Waals surface area contributed by atoms with Gasteiger partial charge in [-0.1, -0.05) is 30.7 Å². The normalized spacial score (nSPS) is 11.7. The van der Waals surface area contributed by atoms with Crippen LogP contribution in [-0.4, -0.2) is 25.0 Å². The SMILES string of the molecule is CCC(NC(=O)Cc1ccc(Cl)cc1)C(=O)OC. The second-order valence-corrected chi connectivity index (χ2v) is 4.29. The third-order valence-electron chi connectivity index (χ3n) is 2.51. The highest BCUT2D eigenvalue weighted by Crippen LogP contribution is 2.10. The molecule has 0 aromatic heterocycles. The van der Waals surface area contributed by atoms with Gasteiger partial charge in [0.05, 0.1) is 13.5 Å². The van der Waals surface area contributed by atoms with Crippen molar-refractivity contribution in [1.29, 1.82) is 0 Å². The van der Waals surface area contributed by atoms with Crippen LogP contribution < -0.4 is 5.32 Å². The van der Waals surface area contributed by atoms with Crippen molar-refractivity contribution in [3.8, 4) is 0 Å². The number of esters is 1. The second-order valence-electron chi connectivity index (χ2n) is 3.85. The lowest BCUT2D eigenvalue weighted by Gasteiger charge is -2.14. The molecule has 4 nitrogen and oxygen atoms in total. The molecule has 1 aromatic rings. The Labute approximate surface area is 111 Å². The van der Waals surface area contributed by atoms with Crippen LogP contribution in [0.3, 0.4) is 0 Å². The van der Waals surface area contributed by atoms with E-state index in [4.69, 9.17) is 11.6 Å². The van der Waals surface area contributed by atoms with Crippen LogP contribution >= 0.6 is 11.6 Å². The summed E-state index contributed by atoms with van der Waals surface area (Å²) in [6, 6.07) is 6.42. The highest BCUT2D eigenvalue weighted by molar-refractivity contribution is 6.30. The highest BCUT2D eigenvalue weighted by atomic mass is 35.5. The minimum absolute atomic E-state index is 0.213. The zero-order valence-electron chi connectivity index (χ0n) is 10.4. The number of nitrogens with one attached hydrogen (secondary N) is 1. The molecule has 1 N–H and O–H groups in total. The van der Waals surface area contributed by atoms with Gasteiger partial charge >= 0.3 is 5.97 Å². The standard InChI is InChI=1S/C13H16ClNO3/c1-3-11(13(17)18-2)15-12(16)8-9-4-6-10(14)7-5-9/h4-7,11H,3,8H2,1-2H3,(H,15,16). The van der Waals surface area contributed by atoms with Crippen LogP contribution in [0.15, 0.2) is 24.3 Å². The number of amides is 1. The molecule has 1 aromatic carbocycles. The molecule has 0 fully saturated rings. The molecule has 1 atom stereocenters. The van der Waals surface area contributed by atoms with E-state index in [0.29, 0.717) is 11.4 Å². The average Bonchev–Trinajstić information content (AvgIpc) is 2.37. The lowest BCUT2D eigenvalue weighted by atomic mass is 10.1. The van der Waals surface area contributed by atoms with E-state index in [0.717, 1.165) is 5.56 Å². The van der Waals surface area contributed by atoms with E-state index in [1.54, 1.807) is 24.3 Å². The molecule has 18 heavy (non-hydrogen) atoms. The minimum atomic E-state index is -0.588. The first-order valence-electron chi connectivity index (χ1n) is 5.68. The maximum absolute atomic E-state index is 11.7. The van der Waals surface area contributed by atoms with Gasteiger partial charge in [0.15, 0.2) is 0 Å². The molecule has 0 aliphatic rings. The fourth-order valence-corrected chi connectivity index (χ4v) is 1.63. The summed E-state index contributed by atoms with van der Waals surface area (Å²) in [5, 5.41) is 3.26. The van der Waals surface area contributed by atoms with E-state index in [9.17, 15) is 9.59 Å². The molecule has 0 bridgehead atoms. The minimum Gasteiger partial charge on any atom is -0.467 e. The number of carbonyl (C=O) groups is 2. The summed E-state index contributed by atoms with van der Waals surface area (Å²) in [6.07, 6.45) is 0.712. The number of hydrogen-bond donors (Lipinski definition) is 1. The van der Waals surface area contributed by atoms with Crippen molar-refractivity contribution in [2.24, 2.45) is 0 Å². The van der Waals surface area contributed by atoms with Crippen LogP contribution in [0, 0.1) is 0 Å². The first kappa shape index (κ1) is 14.5. The van der Waals surface area contributed by atoms with Crippen LogP contribution in [0.4, 0.5) is 0 Å². The van der Waals surface area contributed by atoms with Crippen molar-refractivity contribution >= 4 is 23.5 Å². The van der Waals surface area contributed by atoms with Crippen molar-refractivity contribution in [2.45, 2.75) is 25.8 Å².